The number of ether oxygens (including phenoxy) is 1. The van der Waals surface area contributed by atoms with E-state index in [1.54, 1.807) is 0 Å². The molecule has 1 heterocycles. The monoisotopic (exact) mass is 348 g/mol. The maximum atomic E-state index is 5.70. The maximum Gasteiger partial charge on any atom is 0.163 e. The van der Waals surface area contributed by atoms with Crippen LogP contribution in [-0.2, 0) is 0 Å². The first-order chi connectivity index (χ1) is 12.8. The summed E-state index contributed by atoms with van der Waals surface area (Å²) < 4.78 is 5.70. The molecule has 0 saturated carbocycles. The molecule has 0 aliphatic rings. The molecule has 0 aliphatic heterocycles. The molecule has 0 fully saturated rings. The summed E-state index contributed by atoms with van der Waals surface area (Å²) in [6.07, 6.45) is 1.03. The number of aromatic nitrogens is 2. The van der Waals surface area contributed by atoms with E-state index in [0.717, 1.165) is 41.6 Å². The van der Waals surface area contributed by atoms with Crippen molar-refractivity contribution >= 4 is 17.3 Å². The average Bonchev–Trinajstić information content (AvgIpc) is 2.69. The van der Waals surface area contributed by atoms with Crippen LogP contribution in [0.3, 0.4) is 0 Å². The molecule has 0 unspecified atom stereocenters. The summed E-state index contributed by atoms with van der Waals surface area (Å²) in [6.45, 7) is 5.58. The quantitative estimate of drug-likeness (QED) is 0.592. The first kappa shape index (κ1) is 17.7. The van der Waals surface area contributed by atoms with E-state index in [1.807, 2.05) is 67.6 Å². The van der Waals surface area contributed by atoms with Gasteiger partial charge >= 0.3 is 0 Å². The lowest BCUT2D eigenvalue weighted by atomic mass is 10.2. The number of hydrogen-bond donors (Lipinski definition) is 2. The topological polar surface area (TPSA) is 59.1 Å². The second-order valence-electron chi connectivity index (χ2n) is 5.81. The van der Waals surface area contributed by atoms with Crippen LogP contribution < -0.4 is 15.4 Å². The van der Waals surface area contributed by atoms with Crippen LogP contribution in [0, 0.1) is 0 Å². The molecular formula is C21H24N4O. The Morgan fingerprint density at radius 3 is 2.38 bits per heavy atom. The summed E-state index contributed by atoms with van der Waals surface area (Å²) in [5, 5.41) is 6.72. The molecule has 0 aliphatic carbocycles. The molecule has 26 heavy (non-hydrogen) atoms. The van der Waals surface area contributed by atoms with Crippen molar-refractivity contribution in [3.8, 4) is 17.1 Å². The highest BCUT2D eigenvalue weighted by atomic mass is 16.5. The van der Waals surface area contributed by atoms with E-state index in [-0.39, 0.29) is 0 Å². The molecule has 0 radical (unpaired) electrons. The number of rotatable bonds is 8. The van der Waals surface area contributed by atoms with Crippen molar-refractivity contribution in [2.45, 2.75) is 20.3 Å². The Balaban J connectivity index is 1.95. The molecule has 5 heteroatoms. The van der Waals surface area contributed by atoms with Gasteiger partial charge in [-0.15, -0.1) is 0 Å². The Kier molecular flexibility index (Phi) is 6.04. The van der Waals surface area contributed by atoms with Crippen molar-refractivity contribution in [2.24, 2.45) is 0 Å². The highest BCUT2D eigenvalue weighted by Crippen LogP contribution is 2.28. The lowest BCUT2D eigenvalue weighted by Crippen LogP contribution is -2.06. The van der Waals surface area contributed by atoms with E-state index in [4.69, 9.17) is 9.72 Å². The molecule has 3 rings (SSSR count). The zero-order valence-corrected chi connectivity index (χ0v) is 15.2. The van der Waals surface area contributed by atoms with Gasteiger partial charge in [0.1, 0.15) is 17.4 Å². The molecule has 0 saturated heterocycles. The van der Waals surface area contributed by atoms with Crippen molar-refractivity contribution in [1.29, 1.82) is 0 Å². The van der Waals surface area contributed by atoms with Gasteiger partial charge in [0, 0.05) is 18.2 Å². The van der Waals surface area contributed by atoms with Gasteiger partial charge in [-0.25, -0.2) is 9.97 Å². The van der Waals surface area contributed by atoms with Crippen molar-refractivity contribution in [3.05, 3.63) is 60.7 Å². The van der Waals surface area contributed by atoms with Gasteiger partial charge in [-0.3, -0.25) is 0 Å². The van der Waals surface area contributed by atoms with Crippen LogP contribution in [0.2, 0.25) is 0 Å². The van der Waals surface area contributed by atoms with Crippen LogP contribution >= 0.6 is 0 Å². The van der Waals surface area contributed by atoms with Crippen LogP contribution in [0.25, 0.3) is 11.4 Å². The van der Waals surface area contributed by atoms with Crippen LogP contribution in [0.4, 0.5) is 17.3 Å². The summed E-state index contributed by atoms with van der Waals surface area (Å²) in [6, 6.07) is 19.8. The van der Waals surface area contributed by atoms with E-state index in [1.165, 1.54) is 0 Å². The second kappa shape index (κ2) is 8.85. The molecule has 134 valence electrons. The minimum absolute atomic E-state index is 0.612. The van der Waals surface area contributed by atoms with Crippen molar-refractivity contribution < 1.29 is 4.74 Å². The predicted octanol–water partition coefficient (Wildman–Crippen LogP) is 5.11. The molecule has 3 aromatic rings. The number of hydrogen-bond acceptors (Lipinski definition) is 5. The Morgan fingerprint density at radius 2 is 1.62 bits per heavy atom. The smallest absolute Gasteiger partial charge is 0.163 e. The highest BCUT2D eigenvalue weighted by Gasteiger charge is 2.09. The van der Waals surface area contributed by atoms with Gasteiger partial charge in [0.25, 0.3) is 0 Å². The molecule has 5 nitrogen and oxygen atoms in total. The van der Waals surface area contributed by atoms with E-state index in [9.17, 15) is 0 Å². The predicted molar refractivity (Wildman–Crippen MR) is 107 cm³/mol. The molecule has 0 atom stereocenters. The van der Waals surface area contributed by atoms with Gasteiger partial charge in [-0.1, -0.05) is 49.4 Å². The van der Waals surface area contributed by atoms with Gasteiger partial charge in [0.05, 0.1) is 12.3 Å². The number of para-hydroxylation sites is 2. The van der Waals surface area contributed by atoms with Crippen LogP contribution in [0.15, 0.2) is 60.7 Å². The van der Waals surface area contributed by atoms with E-state index >= 15 is 0 Å². The van der Waals surface area contributed by atoms with Gasteiger partial charge < -0.3 is 15.4 Å². The number of anilines is 3. The molecule has 1 aromatic heterocycles. The molecular weight excluding hydrogens is 324 g/mol. The summed E-state index contributed by atoms with van der Waals surface area (Å²) in [7, 11) is 0. The molecule has 2 aromatic carbocycles. The molecule has 2 N–H and O–H groups in total. The van der Waals surface area contributed by atoms with Gasteiger partial charge in [0.2, 0.25) is 0 Å². The Bertz CT molecular complexity index is 836. The van der Waals surface area contributed by atoms with E-state index in [2.05, 4.69) is 22.5 Å². The summed E-state index contributed by atoms with van der Waals surface area (Å²) >= 11 is 0. The minimum atomic E-state index is 0.612. The van der Waals surface area contributed by atoms with Crippen molar-refractivity contribution in [2.75, 3.05) is 23.8 Å². The van der Waals surface area contributed by atoms with Crippen LogP contribution in [0.1, 0.15) is 20.3 Å². The zero-order chi connectivity index (χ0) is 18.2. The first-order valence-electron chi connectivity index (χ1n) is 8.97. The largest absolute Gasteiger partial charge is 0.492 e. The second-order valence-corrected chi connectivity index (χ2v) is 5.81. The maximum absolute atomic E-state index is 5.70. The number of benzene rings is 2. The van der Waals surface area contributed by atoms with Gasteiger partial charge in [-0.05, 0) is 25.5 Å². The SMILES string of the molecule is CCCNc1cc(Nc2ccccc2OCC)nc(-c2ccccc2)n1. The molecule has 0 spiro atoms. The third-order valence-electron chi connectivity index (χ3n) is 3.76. The van der Waals surface area contributed by atoms with Crippen molar-refractivity contribution in [1.82, 2.24) is 9.97 Å². The molecule has 0 amide bonds. The normalized spacial score (nSPS) is 10.4. The number of nitrogens with one attached hydrogen (secondary N) is 2. The number of nitrogens with zero attached hydrogens (tertiary/aromatic N) is 2. The van der Waals surface area contributed by atoms with Crippen LogP contribution in [-0.4, -0.2) is 23.1 Å². The Hall–Kier alpha value is -3.08. The average molecular weight is 348 g/mol. The fourth-order valence-corrected chi connectivity index (χ4v) is 2.56. The van der Waals surface area contributed by atoms with Crippen molar-refractivity contribution in [3.63, 3.8) is 0 Å². The molecule has 0 bridgehead atoms. The third-order valence-corrected chi connectivity index (χ3v) is 3.76. The Labute approximate surface area is 154 Å². The lowest BCUT2D eigenvalue weighted by Gasteiger charge is -2.14. The zero-order valence-electron chi connectivity index (χ0n) is 15.2. The Morgan fingerprint density at radius 1 is 0.885 bits per heavy atom. The fraction of sp³-hybridized carbons (Fsp3) is 0.238. The summed E-state index contributed by atoms with van der Waals surface area (Å²) in [5.41, 5.74) is 1.86. The highest BCUT2D eigenvalue weighted by molar-refractivity contribution is 5.68. The fourth-order valence-electron chi connectivity index (χ4n) is 2.56. The summed E-state index contributed by atoms with van der Waals surface area (Å²) in [4.78, 5) is 9.34. The van der Waals surface area contributed by atoms with E-state index < -0.39 is 0 Å². The summed E-state index contributed by atoms with van der Waals surface area (Å²) in [5.74, 6) is 3.02. The lowest BCUT2D eigenvalue weighted by molar-refractivity contribution is 0.342. The third kappa shape index (κ3) is 4.51. The van der Waals surface area contributed by atoms with Gasteiger partial charge in [0.15, 0.2) is 5.82 Å². The van der Waals surface area contributed by atoms with E-state index in [0.29, 0.717) is 12.4 Å². The first-order valence-corrected chi connectivity index (χ1v) is 8.97. The standard InChI is InChI=1S/C21H24N4O/c1-3-14-22-19-15-20(23-17-12-8-9-13-18(17)26-4-2)25-21(24-19)16-10-6-5-7-11-16/h5-13,15H,3-4,14H2,1-2H3,(H2,22,23,24,25). The minimum Gasteiger partial charge on any atom is -0.492 e. The van der Waals surface area contributed by atoms with Gasteiger partial charge in [-0.2, -0.15) is 0 Å². The van der Waals surface area contributed by atoms with Crippen LogP contribution in [0.5, 0.6) is 5.75 Å².